The fourth-order valence-electron chi connectivity index (χ4n) is 5.43. The molecule has 3 heterocycles. The minimum atomic E-state index is -0.160. The van der Waals surface area contributed by atoms with Crippen LogP contribution in [0, 0.1) is 12.3 Å². The van der Waals surface area contributed by atoms with E-state index in [-0.39, 0.29) is 6.09 Å². The highest BCUT2D eigenvalue weighted by molar-refractivity contribution is 5.67. The third-order valence-corrected chi connectivity index (χ3v) is 6.82. The molecule has 0 N–H and O–H groups in total. The zero-order valence-corrected chi connectivity index (χ0v) is 15.7. The lowest BCUT2D eigenvalue weighted by molar-refractivity contribution is -0.00463. The third-order valence-electron chi connectivity index (χ3n) is 6.82. The number of ether oxygens (including phenoxy) is 1. The maximum absolute atomic E-state index is 11.7. The molecule has 0 aromatic carbocycles. The predicted octanol–water partition coefficient (Wildman–Crippen LogP) is 2.53. The lowest BCUT2D eigenvalue weighted by Gasteiger charge is -2.51. The van der Waals surface area contributed by atoms with Crippen molar-refractivity contribution in [3.8, 4) is 0 Å². The van der Waals surface area contributed by atoms with Gasteiger partial charge in [0.25, 0.3) is 0 Å². The van der Waals surface area contributed by atoms with E-state index in [1.165, 1.54) is 57.1 Å². The first-order valence-electron chi connectivity index (χ1n) is 9.57. The Labute approximate surface area is 150 Å². The lowest BCUT2D eigenvalue weighted by Crippen LogP contribution is -2.54. The van der Waals surface area contributed by atoms with Crippen LogP contribution in [0.2, 0.25) is 0 Å². The quantitative estimate of drug-likeness (QED) is 0.826. The van der Waals surface area contributed by atoms with Gasteiger partial charge in [-0.05, 0) is 63.1 Å². The molecule has 3 fully saturated rings. The van der Waals surface area contributed by atoms with Gasteiger partial charge < -0.3 is 14.5 Å². The number of nitrogens with zero attached hydrogens (tertiary/aromatic N) is 4. The molecule has 1 spiro atoms. The minimum Gasteiger partial charge on any atom is -0.453 e. The van der Waals surface area contributed by atoms with Gasteiger partial charge in [-0.25, -0.2) is 4.79 Å². The molecule has 2 saturated heterocycles. The average Bonchev–Trinajstić information content (AvgIpc) is 3.17. The molecule has 6 heteroatoms. The van der Waals surface area contributed by atoms with Crippen LogP contribution < -0.4 is 0 Å². The summed E-state index contributed by atoms with van der Waals surface area (Å²) in [6.07, 6.45) is 7.93. The summed E-state index contributed by atoms with van der Waals surface area (Å²) in [6, 6.07) is 0.714. The van der Waals surface area contributed by atoms with Crippen LogP contribution in [0.15, 0.2) is 6.20 Å². The summed E-state index contributed by atoms with van der Waals surface area (Å²) < 4.78 is 6.94. The zero-order valence-electron chi connectivity index (χ0n) is 15.7. The van der Waals surface area contributed by atoms with Gasteiger partial charge in [-0.1, -0.05) is 0 Å². The molecule has 0 radical (unpaired) electrons. The maximum Gasteiger partial charge on any atom is 0.409 e. The number of carbonyl (C=O) groups excluding carboxylic acids is 1. The summed E-state index contributed by atoms with van der Waals surface area (Å²) >= 11 is 0. The summed E-state index contributed by atoms with van der Waals surface area (Å²) in [6.45, 7) is 6.31. The predicted molar refractivity (Wildman–Crippen MR) is 95.5 cm³/mol. The normalized spacial score (nSPS) is 30.7. The van der Waals surface area contributed by atoms with E-state index >= 15 is 0 Å². The van der Waals surface area contributed by atoms with Crippen molar-refractivity contribution in [2.75, 3.05) is 33.3 Å². The summed E-state index contributed by atoms with van der Waals surface area (Å²) in [4.78, 5) is 16.3. The van der Waals surface area contributed by atoms with E-state index in [2.05, 4.69) is 28.7 Å². The molecule has 0 atom stereocenters. The van der Waals surface area contributed by atoms with Crippen molar-refractivity contribution in [3.63, 3.8) is 0 Å². The van der Waals surface area contributed by atoms with Crippen molar-refractivity contribution in [2.45, 2.75) is 51.0 Å². The molecule has 0 bridgehead atoms. The first-order valence-corrected chi connectivity index (χ1v) is 9.57. The van der Waals surface area contributed by atoms with Crippen LogP contribution in [0.3, 0.4) is 0 Å². The molecule has 2 aliphatic heterocycles. The average molecular weight is 346 g/mol. The second-order valence-corrected chi connectivity index (χ2v) is 8.35. The monoisotopic (exact) mass is 346 g/mol. The zero-order chi connectivity index (χ0) is 17.6. The van der Waals surface area contributed by atoms with Crippen molar-refractivity contribution >= 4 is 6.09 Å². The van der Waals surface area contributed by atoms with Gasteiger partial charge in [0.1, 0.15) is 0 Å². The van der Waals surface area contributed by atoms with Crippen LogP contribution in [0.25, 0.3) is 0 Å². The number of amides is 1. The van der Waals surface area contributed by atoms with E-state index in [0.29, 0.717) is 17.4 Å². The van der Waals surface area contributed by atoms with E-state index in [1.807, 2.05) is 11.1 Å². The van der Waals surface area contributed by atoms with Gasteiger partial charge in [0.05, 0.1) is 13.3 Å². The molecule has 1 amide bonds. The number of hydrogen-bond acceptors (Lipinski definition) is 4. The second kappa shape index (κ2) is 6.31. The standard InChI is InChI=1S/C19H30N4O2/c1-14-12-20-21(2)17(14)15-4-7-22(8-5-15)16-10-19(11-16)6-9-23(13-19)18(24)25-3/h12,15-16H,4-11,13H2,1-3H3. The third kappa shape index (κ3) is 2.94. The van der Waals surface area contributed by atoms with Crippen LogP contribution in [0.4, 0.5) is 4.79 Å². The van der Waals surface area contributed by atoms with Gasteiger partial charge in [-0.15, -0.1) is 0 Å². The summed E-state index contributed by atoms with van der Waals surface area (Å²) in [5, 5.41) is 4.41. The largest absolute Gasteiger partial charge is 0.453 e. The number of methoxy groups -OCH3 is 1. The van der Waals surface area contributed by atoms with Gasteiger partial charge >= 0.3 is 6.09 Å². The lowest BCUT2D eigenvalue weighted by atomic mass is 9.64. The molecule has 1 aromatic heterocycles. The topological polar surface area (TPSA) is 50.6 Å². The highest BCUT2D eigenvalue weighted by Crippen LogP contribution is 2.51. The Morgan fingerprint density at radius 1 is 1.28 bits per heavy atom. The van der Waals surface area contributed by atoms with Crippen LogP contribution >= 0.6 is 0 Å². The van der Waals surface area contributed by atoms with Crippen LogP contribution in [0.1, 0.15) is 49.3 Å². The summed E-state index contributed by atoms with van der Waals surface area (Å²) in [5.41, 5.74) is 3.13. The highest BCUT2D eigenvalue weighted by atomic mass is 16.5. The van der Waals surface area contributed by atoms with Crippen molar-refractivity contribution in [3.05, 3.63) is 17.5 Å². The SMILES string of the molecule is COC(=O)N1CCC2(CC(N3CCC(c4c(C)cnn4C)CC3)C2)C1. The Balaban J connectivity index is 1.29. The van der Waals surface area contributed by atoms with Crippen LogP contribution in [-0.2, 0) is 11.8 Å². The Hall–Kier alpha value is -1.56. The molecular weight excluding hydrogens is 316 g/mol. The van der Waals surface area contributed by atoms with E-state index in [4.69, 9.17) is 4.74 Å². The number of carbonyl (C=O) groups is 1. The molecule has 1 aromatic rings. The number of rotatable bonds is 2. The van der Waals surface area contributed by atoms with Gasteiger partial charge in [0, 0.05) is 37.8 Å². The molecule has 1 saturated carbocycles. The number of hydrogen-bond donors (Lipinski definition) is 0. The Kier molecular flexibility index (Phi) is 4.26. The Morgan fingerprint density at radius 3 is 2.60 bits per heavy atom. The van der Waals surface area contributed by atoms with Gasteiger partial charge in [0.15, 0.2) is 0 Å². The van der Waals surface area contributed by atoms with Crippen molar-refractivity contribution < 1.29 is 9.53 Å². The molecule has 25 heavy (non-hydrogen) atoms. The smallest absolute Gasteiger partial charge is 0.409 e. The Morgan fingerprint density at radius 2 is 2.00 bits per heavy atom. The van der Waals surface area contributed by atoms with Crippen LogP contribution in [0.5, 0.6) is 0 Å². The minimum absolute atomic E-state index is 0.160. The molecule has 6 nitrogen and oxygen atoms in total. The van der Waals surface area contributed by atoms with E-state index in [1.54, 1.807) is 0 Å². The molecule has 1 aliphatic carbocycles. The number of aromatic nitrogens is 2. The number of piperidine rings is 1. The summed E-state index contributed by atoms with van der Waals surface area (Å²) in [5.74, 6) is 0.652. The molecule has 138 valence electrons. The van der Waals surface area contributed by atoms with E-state index in [0.717, 1.165) is 19.5 Å². The molecule has 0 unspecified atom stereocenters. The van der Waals surface area contributed by atoms with Gasteiger partial charge in [0.2, 0.25) is 0 Å². The Bertz CT molecular complexity index is 622. The molecular formula is C19H30N4O2. The van der Waals surface area contributed by atoms with Gasteiger partial charge in [-0.3, -0.25) is 4.68 Å². The first kappa shape index (κ1) is 16.9. The van der Waals surface area contributed by atoms with Crippen molar-refractivity contribution in [2.24, 2.45) is 12.5 Å². The first-order chi connectivity index (χ1) is 12.0. The summed E-state index contributed by atoms with van der Waals surface area (Å²) in [7, 11) is 3.54. The fraction of sp³-hybridized carbons (Fsp3) is 0.789. The second-order valence-electron chi connectivity index (χ2n) is 8.35. The van der Waals surface area contributed by atoms with E-state index < -0.39 is 0 Å². The van der Waals surface area contributed by atoms with E-state index in [9.17, 15) is 4.79 Å². The number of aryl methyl sites for hydroxylation is 2. The van der Waals surface area contributed by atoms with Crippen molar-refractivity contribution in [1.29, 1.82) is 0 Å². The highest BCUT2D eigenvalue weighted by Gasteiger charge is 2.51. The molecule has 3 aliphatic rings. The van der Waals surface area contributed by atoms with Gasteiger partial charge in [-0.2, -0.15) is 5.10 Å². The fourth-order valence-corrected chi connectivity index (χ4v) is 5.43. The molecule has 4 rings (SSSR count). The number of likely N-dealkylation sites (tertiary alicyclic amines) is 2. The maximum atomic E-state index is 11.7. The van der Waals surface area contributed by atoms with Crippen molar-refractivity contribution in [1.82, 2.24) is 19.6 Å². The van der Waals surface area contributed by atoms with Crippen LogP contribution in [-0.4, -0.2) is 65.0 Å².